The molecule has 30 heavy (non-hydrogen) atoms. The summed E-state index contributed by atoms with van der Waals surface area (Å²) in [6, 6.07) is 14.6. The number of imidazole rings is 1. The molecule has 0 radical (unpaired) electrons. The molecule has 0 spiro atoms. The summed E-state index contributed by atoms with van der Waals surface area (Å²) in [5.41, 5.74) is 2.69. The van der Waals surface area contributed by atoms with Crippen LogP contribution in [0.2, 0.25) is 0 Å². The molecule has 150 valence electrons. The van der Waals surface area contributed by atoms with Crippen LogP contribution in [-0.2, 0) is 7.05 Å². The summed E-state index contributed by atoms with van der Waals surface area (Å²) in [7, 11) is 1.89. The summed E-state index contributed by atoms with van der Waals surface area (Å²) < 4.78 is 22.1. The Bertz CT molecular complexity index is 1210. The van der Waals surface area contributed by atoms with Gasteiger partial charge in [0.05, 0.1) is 12.6 Å². The molecule has 4 aromatic rings. The van der Waals surface area contributed by atoms with Gasteiger partial charge in [-0.05, 0) is 12.1 Å². The molecular formula is C23H20FN5O. The van der Waals surface area contributed by atoms with Crippen LogP contribution in [0, 0.1) is 5.82 Å². The number of anilines is 1. The Kier molecular flexibility index (Phi) is 4.63. The van der Waals surface area contributed by atoms with Crippen molar-refractivity contribution in [3.8, 4) is 28.4 Å². The van der Waals surface area contributed by atoms with Gasteiger partial charge in [0.15, 0.2) is 5.82 Å². The van der Waals surface area contributed by atoms with Gasteiger partial charge in [-0.3, -0.25) is 0 Å². The van der Waals surface area contributed by atoms with Crippen LogP contribution in [0.1, 0.15) is 18.0 Å². The largest absolute Gasteiger partial charge is 0.493 e. The van der Waals surface area contributed by atoms with Gasteiger partial charge >= 0.3 is 0 Å². The summed E-state index contributed by atoms with van der Waals surface area (Å²) in [5.74, 6) is 1.66. The molecule has 1 atom stereocenters. The van der Waals surface area contributed by atoms with Crippen LogP contribution < -0.4 is 10.1 Å². The number of hydrogen-bond acceptors (Lipinski definition) is 5. The molecule has 0 amide bonds. The topological polar surface area (TPSA) is 64.9 Å². The minimum absolute atomic E-state index is 0.0310. The number of nitrogens with zero attached hydrogens (tertiary/aromatic N) is 4. The van der Waals surface area contributed by atoms with Crippen molar-refractivity contribution < 1.29 is 9.13 Å². The third-order valence-electron chi connectivity index (χ3n) is 5.25. The number of aryl methyl sites for hydroxylation is 1. The minimum Gasteiger partial charge on any atom is -0.493 e. The zero-order chi connectivity index (χ0) is 20.5. The van der Waals surface area contributed by atoms with Crippen LogP contribution in [0.25, 0.3) is 22.6 Å². The highest BCUT2D eigenvalue weighted by Gasteiger charge is 2.23. The molecule has 1 N–H and O–H groups in total. The first-order chi connectivity index (χ1) is 14.7. The fourth-order valence-electron chi connectivity index (χ4n) is 3.74. The lowest BCUT2D eigenvalue weighted by Gasteiger charge is -2.26. The lowest BCUT2D eigenvalue weighted by Crippen LogP contribution is -2.21. The van der Waals surface area contributed by atoms with Crippen LogP contribution in [-0.4, -0.2) is 26.1 Å². The van der Waals surface area contributed by atoms with Crippen molar-refractivity contribution in [3.63, 3.8) is 0 Å². The summed E-state index contributed by atoms with van der Waals surface area (Å²) in [5, 5.41) is 3.42. The van der Waals surface area contributed by atoms with Crippen molar-refractivity contribution in [2.24, 2.45) is 7.05 Å². The number of rotatable bonds is 4. The summed E-state index contributed by atoms with van der Waals surface area (Å²) in [4.78, 5) is 13.7. The number of para-hydroxylation sites is 1. The van der Waals surface area contributed by atoms with Gasteiger partial charge < -0.3 is 14.6 Å². The molecule has 6 nitrogen and oxygen atoms in total. The van der Waals surface area contributed by atoms with E-state index >= 15 is 0 Å². The van der Waals surface area contributed by atoms with Gasteiger partial charge in [0.25, 0.3) is 0 Å². The number of benzene rings is 2. The number of ether oxygens (including phenoxy) is 1. The van der Waals surface area contributed by atoms with Gasteiger partial charge in [0, 0.05) is 48.7 Å². The summed E-state index contributed by atoms with van der Waals surface area (Å²) in [6.07, 6.45) is 5.99. The predicted octanol–water partition coefficient (Wildman–Crippen LogP) is 4.62. The van der Waals surface area contributed by atoms with E-state index in [-0.39, 0.29) is 11.9 Å². The average Bonchev–Trinajstić information content (AvgIpc) is 3.20. The van der Waals surface area contributed by atoms with E-state index in [4.69, 9.17) is 9.72 Å². The molecule has 7 heteroatoms. The maximum Gasteiger partial charge on any atom is 0.223 e. The number of hydrogen-bond donors (Lipinski definition) is 1. The maximum atomic E-state index is 14.5. The molecular weight excluding hydrogens is 381 g/mol. The Morgan fingerprint density at radius 1 is 1.07 bits per heavy atom. The Labute approximate surface area is 173 Å². The zero-order valence-corrected chi connectivity index (χ0v) is 16.4. The molecule has 0 saturated heterocycles. The Hall–Kier alpha value is -3.74. The molecule has 1 aliphatic rings. The first-order valence-corrected chi connectivity index (χ1v) is 9.78. The first kappa shape index (κ1) is 18.3. The van der Waals surface area contributed by atoms with E-state index in [0.717, 1.165) is 17.7 Å². The van der Waals surface area contributed by atoms with Crippen LogP contribution in [0.3, 0.4) is 0 Å². The van der Waals surface area contributed by atoms with Crippen molar-refractivity contribution >= 4 is 5.95 Å². The fraction of sp³-hybridized carbons (Fsp3) is 0.174. The number of fused-ring (bicyclic) bond motifs is 1. The molecule has 0 saturated carbocycles. The molecule has 5 rings (SSSR count). The van der Waals surface area contributed by atoms with E-state index in [0.29, 0.717) is 35.2 Å². The average molecular weight is 401 g/mol. The molecule has 0 fully saturated rings. The third-order valence-corrected chi connectivity index (χ3v) is 5.25. The molecule has 0 aliphatic carbocycles. The highest BCUT2D eigenvalue weighted by atomic mass is 19.1. The summed E-state index contributed by atoms with van der Waals surface area (Å²) in [6.45, 7) is 0.619. The Morgan fingerprint density at radius 3 is 2.73 bits per heavy atom. The highest BCUT2D eigenvalue weighted by molar-refractivity contribution is 5.78. The molecule has 0 bridgehead atoms. The normalized spacial score (nSPS) is 15.3. The second-order valence-electron chi connectivity index (χ2n) is 7.17. The number of nitrogens with one attached hydrogen (secondary N) is 1. The number of aromatic nitrogens is 4. The van der Waals surface area contributed by atoms with Crippen LogP contribution >= 0.6 is 0 Å². The summed E-state index contributed by atoms with van der Waals surface area (Å²) >= 11 is 0. The second-order valence-corrected chi connectivity index (χ2v) is 7.17. The van der Waals surface area contributed by atoms with E-state index in [1.54, 1.807) is 30.6 Å². The van der Waals surface area contributed by atoms with Gasteiger partial charge in [-0.25, -0.2) is 19.3 Å². The zero-order valence-electron chi connectivity index (χ0n) is 16.4. The van der Waals surface area contributed by atoms with Crippen molar-refractivity contribution in [1.29, 1.82) is 0 Å². The monoisotopic (exact) mass is 401 g/mol. The smallest absolute Gasteiger partial charge is 0.223 e. The van der Waals surface area contributed by atoms with Crippen molar-refractivity contribution in [2.75, 3.05) is 11.9 Å². The molecule has 2 aromatic carbocycles. The number of halogens is 1. The predicted molar refractivity (Wildman–Crippen MR) is 113 cm³/mol. The van der Waals surface area contributed by atoms with Crippen LogP contribution in [0.4, 0.5) is 10.3 Å². The van der Waals surface area contributed by atoms with E-state index < -0.39 is 0 Å². The molecule has 3 heterocycles. The lowest BCUT2D eigenvalue weighted by molar-refractivity contribution is 0.274. The maximum absolute atomic E-state index is 14.5. The lowest BCUT2D eigenvalue weighted by atomic mass is 10.0. The van der Waals surface area contributed by atoms with E-state index in [1.807, 2.05) is 42.1 Å². The first-order valence-electron chi connectivity index (χ1n) is 9.78. The minimum atomic E-state index is -0.323. The van der Waals surface area contributed by atoms with Crippen molar-refractivity contribution in [3.05, 3.63) is 78.5 Å². The van der Waals surface area contributed by atoms with E-state index in [2.05, 4.69) is 15.3 Å². The van der Waals surface area contributed by atoms with Crippen LogP contribution in [0.15, 0.2) is 67.1 Å². The standard InChI is InChI=1S/C23H20FN5O/c1-29-12-11-25-22(29)21-17(15-6-2-4-8-18(15)24)14-26-23(28-21)27-19-10-13-30-20-9-5-3-7-16(19)20/h2-9,11-12,14,19H,10,13H2,1H3,(H,26,27,28)/t19-/m0/s1. The van der Waals surface area contributed by atoms with Crippen LogP contribution in [0.5, 0.6) is 5.75 Å². The molecule has 2 aromatic heterocycles. The van der Waals surface area contributed by atoms with Crippen molar-refractivity contribution in [1.82, 2.24) is 19.5 Å². The molecule has 1 aliphatic heterocycles. The van der Waals surface area contributed by atoms with E-state index in [1.165, 1.54) is 6.07 Å². The van der Waals surface area contributed by atoms with Gasteiger partial charge in [0.1, 0.15) is 17.3 Å². The van der Waals surface area contributed by atoms with Gasteiger partial charge in [-0.2, -0.15) is 0 Å². The Balaban J connectivity index is 1.57. The van der Waals surface area contributed by atoms with Crippen molar-refractivity contribution in [2.45, 2.75) is 12.5 Å². The third kappa shape index (κ3) is 3.28. The highest BCUT2D eigenvalue weighted by Crippen LogP contribution is 2.35. The van der Waals surface area contributed by atoms with Gasteiger partial charge in [-0.1, -0.05) is 36.4 Å². The van der Waals surface area contributed by atoms with E-state index in [9.17, 15) is 4.39 Å². The SMILES string of the molecule is Cn1ccnc1-c1nc(N[C@H]2CCOc3ccccc32)ncc1-c1ccccc1F. The van der Waals surface area contributed by atoms with Gasteiger partial charge in [-0.15, -0.1) is 0 Å². The molecule has 0 unspecified atom stereocenters. The van der Waals surface area contributed by atoms with Gasteiger partial charge in [0.2, 0.25) is 5.95 Å². The fourth-order valence-corrected chi connectivity index (χ4v) is 3.74. The quantitative estimate of drug-likeness (QED) is 0.541. The Morgan fingerprint density at radius 2 is 1.90 bits per heavy atom. The second kappa shape index (κ2) is 7.59.